The standard InChI is InChI=1S/C26H46/c1-6-7-8-9-10-11-14-17-20-25(4)22-23-26(5)21-18-15-12-13-16-19-24(2)3/h12,15,19,23H,4,6-11,13-14,16-18,20-22H2,1-3,5H3. The second kappa shape index (κ2) is 18.7. The Morgan fingerprint density at radius 2 is 1.31 bits per heavy atom. The van der Waals surface area contributed by atoms with Crippen molar-refractivity contribution in [3.05, 3.63) is 47.6 Å². The van der Waals surface area contributed by atoms with Crippen LogP contribution in [-0.2, 0) is 0 Å². The van der Waals surface area contributed by atoms with Crippen LogP contribution in [0.1, 0.15) is 118 Å². The van der Waals surface area contributed by atoms with Crippen molar-refractivity contribution in [3.8, 4) is 0 Å². The van der Waals surface area contributed by atoms with Gasteiger partial charge in [-0.15, -0.1) is 0 Å². The third-order valence-corrected chi connectivity index (χ3v) is 4.88. The van der Waals surface area contributed by atoms with Gasteiger partial charge in [-0.25, -0.2) is 0 Å². The van der Waals surface area contributed by atoms with Crippen LogP contribution in [0, 0.1) is 0 Å². The molecule has 0 aromatic rings. The largest absolute Gasteiger partial charge is 0.0995 e. The molecule has 0 bridgehead atoms. The summed E-state index contributed by atoms with van der Waals surface area (Å²) in [4.78, 5) is 0. The first-order chi connectivity index (χ1) is 12.6. The zero-order valence-electron chi connectivity index (χ0n) is 18.4. The minimum Gasteiger partial charge on any atom is -0.0995 e. The summed E-state index contributed by atoms with van der Waals surface area (Å²) in [6, 6.07) is 0. The molecule has 0 saturated carbocycles. The fourth-order valence-electron chi connectivity index (χ4n) is 3.05. The van der Waals surface area contributed by atoms with Crippen LogP contribution in [0.5, 0.6) is 0 Å². The zero-order valence-corrected chi connectivity index (χ0v) is 18.4. The van der Waals surface area contributed by atoms with Crippen LogP contribution in [0.25, 0.3) is 0 Å². The molecule has 0 N–H and O–H groups in total. The molecular weight excluding hydrogens is 312 g/mol. The Hall–Kier alpha value is -1.04. The van der Waals surface area contributed by atoms with Gasteiger partial charge in [-0.2, -0.15) is 0 Å². The molecule has 150 valence electrons. The maximum absolute atomic E-state index is 4.27. The van der Waals surface area contributed by atoms with Crippen LogP contribution in [0.15, 0.2) is 47.6 Å². The van der Waals surface area contributed by atoms with Crippen molar-refractivity contribution in [3.63, 3.8) is 0 Å². The second-order valence-corrected chi connectivity index (χ2v) is 8.10. The summed E-state index contributed by atoms with van der Waals surface area (Å²) in [5.74, 6) is 0. The molecule has 0 heterocycles. The average molecular weight is 359 g/mol. The molecule has 0 radical (unpaired) electrons. The van der Waals surface area contributed by atoms with Gasteiger partial charge in [0, 0.05) is 0 Å². The summed E-state index contributed by atoms with van der Waals surface area (Å²) in [6.45, 7) is 13.1. The Kier molecular flexibility index (Phi) is 18.0. The van der Waals surface area contributed by atoms with Crippen molar-refractivity contribution in [1.29, 1.82) is 0 Å². The average Bonchev–Trinajstić information content (AvgIpc) is 2.61. The predicted octanol–water partition coefficient (Wildman–Crippen LogP) is 9.49. The van der Waals surface area contributed by atoms with Gasteiger partial charge in [0.2, 0.25) is 0 Å². The number of allylic oxidation sites excluding steroid dienone is 7. The summed E-state index contributed by atoms with van der Waals surface area (Å²) in [5, 5.41) is 0. The smallest absolute Gasteiger partial charge is 0.0139 e. The molecule has 0 unspecified atom stereocenters. The molecule has 26 heavy (non-hydrogen) atoms. The first kappa shape index (κ1) is 25.0. The quantitative estimate of drug-likeness (QED) is 0.179. The van der Waals surface area contributed by atoms with E-state index in [0.29, 0.717) is 0 Å². The molecule has 0 nitrogen and oxygen atoms in total. The Bertz CT molecular complexity index is 415. The molecule has 0 amide bonds. The zero-order chi connectivity index (χ0) is 19.5. The molecule has 0 saturated heterocycles. The van der Waals surface area contributed by atoms with E-state index in [1.165, 1.54) is 100 Å². The van der Waals surface area contributed by atoms with Gasteiger partial charge in [0.1, 0.15) is 0 Å². The van der Waals surface area contributed by atoms with Gasteiger partial charge >= 0.3 is 0 Å². The van der Waals surface area contributed by atoms with Crippen molar-refractivity contribution in [1.82, 2.24) is 0 Å². The Balaban J connectivity index is 3.60. The summed E-state index contributed by atoms with van der Waals surface area (Å²) in [7, 11) is 0. The van der Waals surface area contributed by atoms with Crippen LogP contribution >= 0.6 is 0 Å². The van der Waals surface area contributed by atoms with E-state index in [4.69, 9.17) is 0 Å². The molecule has 0 fully saturated rings. The lowest BCUT2D eigenvalue weighted by molar-refractivity contribution is 0.574. The van der Waals surface area contributed by atoms with E-state index in [9.17, 15) is 0 Å². The summed E-state index contributed by atoms with van der Waals surface area (Å²) in [5.41, 5.74) is 4.34. The number of hydrogen-bond donors (Lipinski definition) is 0. The molecule has 0 aliphatic heterocycles. The van der Waals surface area contributed by atoms with Gasteiger partial charge in [0.25, 0.3) is 0 Å². The lowest BCUT2D eigenvalue weighted by Gasteiger charge is -2.05. The van der Waals surface area contributed by atoms with Crippen LogP contribution < -0.4 is 0 Å². The first-order valence-corrected chi connectivity index (χ1v) is 11.2. The maximum atomic E-state index is 4.27. The highest BCUT2D eigenvalue weighted by Gasteiger charge is 1.96. The number of unbranched alkanes of at least 4 members (excludes halogenated alkanes) is 8. The third-order valence-electron chi connectivity index (χ3n) is 4.88. The van der Waals surface area contributed by atoms with Gasteiger partial charge in [0.15, 0.2) is 0 Å². The van der Waals surface area contributed by atoms with Crippen molar-refractivity contribution in [2.24, 2.45) is 0 Å². The first-order valence-electron chi connectivity index (χ1n) is 11.2. The van der Waals surface area contributed by atoms with Crippen molar-refractivity contribution in [2.75, 3.05) is 0 Å². The van der Waals surface area contributed by atoms with Crippen LogP contribution in [0.3, 0.4) is 0 Å². The van der Waals surface area contributed by atoms with E-state index < -0.39 is 0 Å². The fraction of sp³-hybridized carbons (Fsp3) is 0.692. The van der Waals surface area contributed by atoms with Gasteiger partial charge in [-0.05, 0) is 65.7 Å². The molecule has 0 spiro atoms. The molecule has 0 heteroatoms. The Morgan fingerprint density at radius 1 is 0.692 bits per heavy atom. The minimum atomic E-state index is 1.08. The lowest BCUT2D eigenvalue weighted by atomic mass is 10.0. The Labute approximate surface area is 165 Å². The van der Waals surface area contributed by atoms with E-state index in [-0.39, 0.29) is 0 Å². The Morgan fingerprint density at radius 3 is 1.96 bits per heavy atom. The van der Waals surface area contributed by atoms with Crippen LogP contribution in [0.4, 0.5) is 0 Å². The molecule has 0 rings (SSSR count). The highest BCUT2D eigenvalue weighted by molar-refractivity contribution is 5.08. The van der Waals surface area contributed by atoms with E-state index in [1.54, 1.807) is 0 Å². The molecular formula is C26H46. The van der Waals surface area contributed by atoms with Gasteiger partial charge < -0.3 is 0 Å². The molecule has 0 aliphatic carbocycles. The molecule has 0 aliphatic rings. The number of hydrogen-bond acceptors (Lipinski definition) is 0. The second-order valence-electron chi connectivity index (χ2n) is 8.10. The van der Waals surface area contributed by atoms with E-state index in [1.807, 2.05) is 0 Å². The third kappa shape index (κ3) is 19.3. The van der Waals surface area contributed by atoms with Crippen molar-refractivity contribution < 1.29 is 0 Å². The normalized spacial score (nSPS) is 11.9. The molecule has 0 aromatic carbocycles. The maximum Gasteiger partial charge on any atom is -0.0139 e. The molecule has 0 aromatic heterocycles. The van der Waals surface area contributed by atoms with E-state index in [2.05, 4.69) is 58.6 Å². The minimum absolute atomic E-state index is 1.08. The molecule has 0 atom stereocenters. The summed E-state index contributed by atoms with van der Waals surface area (Å²) < 4.78 is 0. The predicted molar refractivity (Wildman–Crippen MR) is 122 cm³/mol. The van der Waals surface area contributed by atoms with Crippen molar-refractivity contribution in [2.45, 2.75) is 118 Å². The number of rotatable bonds is 17. The summed E-state index contributed by atoms with van der Waals surface area (Å²) >= 11 is 0. The van der Waals surface area contributed by atoms with Crippen LogP contribution in [-0.4, -0.2) is 0 Å². The SMILES string of the molecule is C=C(CC=C(C)CCC=CCCC=C(C)C)CCCCCCCCCC. The fourth-order valence-corrected chi connectivity index (χ4v) is 3.05. The van der Waals surface area contributed by atoms with Gasteiger partial charge in [-0.3, -0.25) is 0 Å². The topological polar surface area (TPSA) is 0 Å². The monoisotopic (exact) mass is 358 g/mol. The van der Waals surface area contributed by atoms with Gasteiger partial charge in [-0.1, -0.05) is 99.5 Å². The van der Waals surface area contributed by atoms with Crippen molar-refractivity contribution >= 4 is 0 Å². The highest BCUT2D eigenvalue weighted by Crippen LogP contribution is 2.16. The summed E-state index contributed by atoms with van der Waals surface area (Å²) in [6.07, 6.45) is 27.5. The van der Waals surface area contributed by atoms with E-state index in [0.717, 1.165) is 6.42 Å². The highest BCUT2D eigenvalue weighted by atomic mass is 14.0. The lowest BCUT2D eigenvalue weighted by Crippen LogP contribution is -1.85. The van der Waals surface area contributed by atoms with Gasteiger partial charge in [0.05, 0.1) is 0 Å². The van der Waals surface area contributed by atoms with Crippen LogP contribution in [0.2, 0.25) is 0 Å². The van der Waals surface area contributed by atoms with E-state index >= 15 is 0 Å².